The normalized spacial score (nSPS) is 17.2. The highest BCUT2D eigenvalue weighted by Crippen LogP contribution is 2.28. The molecule has 5 rings (SSSR count). The van der Waals surface area contributed by atoms with Crippen LogP contribution in [0.1, 0.15) is 50.6 Å². The first-order chi connectivity index (χ1) is 17.8. The minimum atomic E-state index is 0.592. The van der Waals surface area contributed by atoms with Gasteiger partial charge < -0.3 is 26.2 Å². The molecule has 3 aromatic rings. The van der Waals surface area contributed by atoms with Crippen LogP contribution in [0.5, 0.6) is 0 Å². The van der Waals surface area contributed by atoms with Crippen LogP contribution in [0.2, 0.25) is 0 Å². The molecule has 4 heterocycles. The molecule has 11 heteroatoms. The molecule has 0 unspecified atom stereocenters. The summed E-state index contributed by atoms with van der Waals surface area (Å²) in [6.07, 6.45) is 11.2. The molecule has 0 radical (unpaired) electrons. The van der Waals surface area contributed by atoms with Crippen molar-refractivity contribution in [2.75, 3.05) is 56.0 Å². The number of rotatable bonds is 13. The number of hydrogen-bond acceptors (Lipinski definition) is 10. The van der Waals surface area contributed by atoms with Crippen molar-refractivity contribution >= 4 is 33.3 Å². The molecule has 0 bridgehead atoms. The van der Waals surface area contributed by atoms with E-state index in [4.69, 9.17) is 9.97 Å². The van der Waals surface area contributed by atoms with Gasteiger partial charge in [-0.05, 0) is 56.8 Å². The van der Waals surface area contributed by atoms with Crippen molar-refractivity contribution in [3.63, 3.8) is 0 Å². The number of piperazine rings is 1. The number of nitrogens with one attached hydrogen (secondary N) is 4. The van der Waals surface area contributed by atoms with Crippen LogP contribution in [0.25, 0.3) is 10.2 Å². The molecule has 1 aliphatic heterocycles. The molecule has 0 amide bonds. The lowest BCUT2D eigenvalue weighted by atomic mass is 9.95. The van der Waals surface area contributed by atoms with Crippen LogP contribution in [0.4, 0.5) is 11.8 Å². The van der Waals surface area contributed by atoms with Gasteiger partial charge in [-0.2, -0.15) is 4.98 Å². The summed E-state index contributed by atoms with van der Waals surface area (Å²) in [5.41, 5.74) is 0.919. The van der Waals surface area contributed by atoms with E-state index in [0.29, 0.717) is 6.54 Å². The second kappa shape index (κ2) is 13.3. The van der Waals surface area contributed by atoms with E-state index in [2.05, 4.69) is 47.9 Å². The molecule has 2 aliphatic rings. The summed E-state index contributed by atoms with van der Waals surface area (Å²) < 4.78 is 1.94. The molecule has 1 saturated heterocycles. The molecule has 0 spiro atoms. The Balaban J connectivity index is 1.02. The third kappa shape index (κ3) is 7.12. The Morgan fingerprint density at radius 3 is 2.78 bits per heavy atom. The first-order valence-electron chi connectivity index (χ1n) is 13.6. The summed E-state index contributed by atoms with van der Waals surface area (Å²) in [5, 5.41) is 25.9. The van der Waals surface area contributed by atoms with Crippen LogP contribution in [-0.2, 0) is 13.1 Å². The van der Waals surface area contributed by atoms with Gasteiger partial charge in [0.2, 0.25) is 5.95 Å². The largest absolute Gasteiger partial charge is 0.364 e. The number of anilines is 2. The average Bonchev–Trinajstić information content (AvgIpc) is 3.59. The summed E-state index contributed by atoms with van der Waals surface area (Å²) >= 11 is 1.65. The monoisotopic (exact) mass is 512 g/mol. The van der Waals surface area contributed by atoms with Crippen LogP contribution in [0.15, 0.2) is 17.6 Å². The van der Waals surface area contributed by atoms with Crippen LogP contribution in [0.3, 0.4) is 0 Å². The molecule has 1 saturated carbocycles. The number of hydrogen-bond donors (Lipinski definition) is 4. The summed E-state index contributed by atoms with van der Waals surface area (Å²) in [4.78, 5) is 12.9. The molecular weight excluding hydrogens is 472 g/mol. The number of aromatic nitrogens is 5. The van der Waals surface area contributed by atoms with Crippen LogP contribution < -0.4 is 26.2 Å². The van der Waals surface area contributed by atoms with Gasteiger partial charge in [0.1, 0.15) is 16.3 Å². The van der Waals surface area contributed by atoms with Crippen molar-refractivity contribution in [2.24, 2.45) is 0 Å². The molecule has 0 aromatic carbocycles. The summed E-state index contributed by atoms with van der Waals surface area (Å²) in [6, 6.07) is 2.84. The predicted octanol–water partition coefficient (Wildman–Crippen LogP) is 2.60. The maximum absolute atomic E-state index is 4.85. The second-order valence-corrected chi connectivity index (χ2v) is 10.7. The maximum Gasteiger partial charge on any atom is 0.228 e. The van der Waals surface area contributed by atoms with Gasteiger partial charge in [0.25, 0.3) is 0 Å². The highest BCUT2D eigenvalue weighted by Gasteiger charge is 2.17. The van der Waals surface area contributed by atoms with Gasteiger partial charge in [-0.1, -0.05) is 24.5 Å². The Labute approximate surface area is 217 Å². The van der Waals surface area contributed by atoms with E-state index in [-0.39, 0.29) is 0 Å². The SMILES string of the molecule is c1cc2c(NCc3cn(CCCNCCCNC4CCCCC4)nn3)nc(N3CCNCC3)nc2s1. The zero-order valence-electron chi connectivity index (χ0n) is 21.2. The average molecular weight is 513 g/mol. The number of fused-ring (bicyclic) bond motifs is 1. The van der Waals surface area contributed by atoms with Crippen molar-refractivity contribution in [1.82, 2.24) is 40.9 Å². The van der Waals surface area contributed by atoms with E-state index in [9.17, 15) is 0 Å². The fraction of sp³-hybridized carbons (Fsp3) is 0.680. The van der Waals surface area contributed by atoms with Crippen molar-refractivity contribution in [3.05, 3.63) is 23.3 Å². The molecule has 3 aromatic heterocycles. The molecular formula is C25H40N10S. The lowest BCUT2D eigenvalue weighted by Gasteiger charge is -2.27. The van der Waals surface area contributed by atoms with E-state index in [1.807, 2.05) is 10.9 Å². The van der Waals surface area contributed by atoms with Gasteiger partial charge in [-0.3, -0.25) is 4.68 Å². The topological polar surface area (TPSA) is 108 Å². The van der Waals surface area contributed by atoms with Gasteiger partial charge in [0.05, 0.1) is 18.1 Å². The minimum absolute atomic E-state index is 0.592. The predicted molar refractivity (Wildman–Crippen MR) is 147 cm³/mol. The van der Waals surface area contributed by atoms with E-state index in [0.717, 1.165) is 92.5 Å². The zero-order chi connectivity index (χ0) is 24.4. The van der Waals surface area contributed by atoms with Gasteiger partial charge in [0, 0.05) is 38.8 Å². The summed E-state index contributed by atoms with van der Waals surface area (Å²) in [6.45, 7) is 8.44. The zero-order valence-corrected chi connectivity index (χ0v) is 22.0. The molecule has 0 atom stereocenters. The van der Waals surface area contributed by atoms with Crippen molar-refractivity contribution in [3.8, 4) is 0 Å². The first-order valence-corrected chi connectivity index (χ1v) is 14.5. The molecule has 4 N–H and O–H groups in total. The lowest BCUT2D eigenvalue weighted by Crippen LogP contribution is -2.44. The Bertz CT molecular complexity index is 1050. The molecule has 10 nitrogen and oxygen atoms in total. The first kappa shape index (κ1) is 25.3. The molecule has 1 aliphatic carbocycles. The summed E-state index contributed by atoms with van der Waals surface area (Å²) in [5.74, 6) is 1.67. The van der Waals surface area contributed by atoms with Crippen LogP contribution in [-0.4, -0.2) is 76.8 Å². The Hall–Kier alpha value is -2.34. The molecule has 196 valence electrons. The molecule has 36 heavy (non-hydrogen) atoms. The molecule has 2 fully saturated rings. The van der Waals surface area contributed by atoms with Gasteiger partial charge in [0.15, 0.2) is 0 Å². The summed E-state index contributed by atoms with van der Waals surface area (Å²) in [7, 11) is 0. The Morgan fingerprint density at radius 2 is 1.89 bits per heavy atom. The smallest absolute Gasteiger partial charge is 0.228 e. The van der Waals surface area contributed by atoms with Gasteiger partial charge in [-0.25, -0.2) is 4.98 Å². The van der Waals surface area contributed by atoms with Crippen molar-refractivity contribution in [1.29, 1.82) is 0 Å². The fourth-order valence-electron chi connectivity index (χ4n) is 5.01. The standard InChI is InChI=1S/C25H40N10S/c1-2-6-20(7-3-1)28-11-4-9-26-10-5-14-35-19-21(32-33-35)18-29-23-22-8-17-36-24(22)31-25(30-23)34-15-12-27-13-16-34/h8,17,19-20,26-28H,1-7,9-16,18H2,(H,29,30,31). The maximum atomic E-state index is 4.85. The van der Waals surface area contributed by atoms with E-state index in [1.165, 1.54) is 38.5 Å². The minimum Gasteiger partial charge on any atom is -0.364 e. The van der Waals surface area contributed by atoms with E-state index >= 15 is 0 Å². The highest BCUT2D eigenvalue weighted by molar-refractivity contribution is 7.16. The van der Waals surface area contributed by atoms with Crippen molar-refractivity contribution < 1.29 is 0 Å². The van der Waals surface area contributed by atoms with Crippen LogP contribution >= 0.6 is 11.3 Å². The number of aryl methyl sites for hydroxylation is 1. The van der Waals surface area contributed by atoms with E-state index < -0.39 is 0 Å². The third-order valence-corrected chi connectivity index (χ3v) is 7.85. The quantitative estimate of drug-likeness (QED) is 0.257. The Morgan fingerprint density at radius 1 is 1.03 bits per heavy atom. The third-order valence-electron chi connectivity index (χ3n) is 7.05. The second-order valence-electron chi connectivity index (χ2n) is 9.82. The van der Waals surface area contributed by atoms with Gasteiger partial charge >= 0.3 is 0 Å². The van der Waals surface area contributed by atoms with Gasteiger partial charge in [-0.15, -0.1) is 16.4 Å². The number of nitrogens with zero attached hydrogens (tertiary/aromatic N) is 6. The van der Waals surface area contributed by atoms with E-state index in [1.54, 1.807) is 11.3 Å². The number of thiophene rings is 1. The lowest BCUT2D eigenvalue weighted by molar-refractivity contribution is 0.371. The highest BCUT2D eigenvalue weighted by atomic mass is 32.1. The van der Waals surface area contributed by atoms with Crippen molar-refractivity contribution in [2.45, 2.75) is 64.1 Å². The Kier molecular flexibility index (Phi) is 9.33. The fourth-order valence-corrected chi connectivity index (χ4v) is 5.76. The van der Waals surface area contributed by atoms with Crippen LogP contribution in [0, 0.1) is 0 Å².